The van der Waals surface area contributed by atoms with E-state index in [9.17, 15) is 4.79 Å². The molecule has 4 nitrogen and oxygen atoms in total. The van der Waals surface area contributed by atoms with Crippen molar-refractivity contribution in [2.75, 3.05) is 5.32 Å². The van der Waals surface area contributed by atoms with Gasteiger partial charge in [-0.05, 0) is 35.9 Å². The Bertz CT molecular complexity index is 755. The molecule has 0 fully saturated rings. The van der Waals surface area contributed by atoms with E-state index in [0.29, 0.717) is 21.8 Å². The molecule has 1 N–H and O–H groups in total. The smallest absolute Gasteiger partial charge is 0.228 e. The van der Waals surface area contributed by atoms with Crippen LogP contribution in [0.25, 0.3) is 0 Å². The molecular weight excluding hydrogens is 286 g/mol. The van der Waals surface area contributed by atoms with Gasteiger partial charge in [0.25, 0.3) is 0 Å². The van der Waals surface area contributed by atoms with Crippen molar-refractivity contribution in [3.8, 4) is 12.1 Å². The Labute approximate surface area is 127 Å². The van der Waals surface area contributed by atoms with Gasteiger partial charge in [-0.1, -0.05) is 23.7 Å². The molecule has 2 aromatic rings. The molecule has 102 valence electrons. The lowest BCUT2D eigenvalue weighted by Gasteiger charge is -2.06. The van der Waals surface area contributed by atoms with Crippen molar-refractivity contribution >= 4 is 23.2 Å². The number of nitriles is 2. The summed E-state index contributed by atoms with van der Waals surface area (Å²) >= 11 is 5.90. The number of amides is 1. The Morgan fingerprint density at radius 2 is 1.81 bits per heavy atom. The molecule has 5 heteroatoms. The largest absolute Gasteiger partial charge is 0.326 e. The van der Waals surface area contributed by atoms with Crippen LogP contribution in [0.3, 0.4) is 0 Å². The van der Waals surface area contributed by atoms with Crippen LogP contribution >= 0.6 is 11.6 Å². The number of anilines is 1. The number of carbonyl (C=O) groups excluding carboxylic acids is 1. The third-order valence-corrected chi connectivity index (χ3v) is 3.13. The van der Waals surface area contributed by atoms with Gasteiger partial charge < -0.3 is 5.32 Å². The molecular formula is C16H10ClN3O. The fourth-order valence-electron chi connectivity index (χ4n) is 1.77. The summed E-state index contributed by atoms with van der Waals surface area (Å²) in [6.07, 6.45) is 0.198. The maximum Gasteiger partial charge on any atom is 0.228 e. The number of halogens is 1. The monoisotopic (exact) mass is 295 g/mol. The number of carbonyl (C=O) groups is 1. The summed E-state index contributed by atoms with van der Waals surface area (Å²) in [5.41, 5.74) is 2.27. The molecule has 0 atom stereocenters. The van der Waals surface area contributed by atoms with Crippen molar-refractivity contribution in [3.05, 3.63) is 64.2 Å². The third kappa shape index (κ3) is 3.82. The quantitative estimate of drug-likeness (QED) is 0.944. The number of nitrogens with zero attached hydrogens (tertiary/aromatic N) is 2. The van der Waals surface area contributed by atoms with Gasteiger partial charge in [-0.2, -0.15) is 10.5 Å². The van der Waals surface area contributed by atoms with E-state index in [1.165, 1.54) is 6.07 Å². The van der Waals surface area contributed by atoms with Gasteiger partial charge in [0.05, 0.1) is 28.6 Å². The van der Waals surface area contributed by atoms with Crippen LogP contribution in [0.15, 0.2) is 42.5 Å². The predicted molar refractivity (Wildman–Crippen MR) is 79.7 cm³/mol. The molecule has 0 saturated carbocycles. The molecule has 0 bridgehead atoms. The maximum absolute atomic E-state index is 11.9. The standard InChI is InChI=1S/C16H10ClN3O/c17-15-8-14(6-5-13(15)10-19)20-16(21)7-11-1-3-12(9-18)4-2-11/h1-6,8H,7H2,(H,20,21). The molecule has 0 radical (unpaired) electrons. The highest BCUT2D eigenvalue weighted by Gasteiger charge is 2.06. The number of hydrogen-bond acceptors (Lipinski definition) is 3. The van der Waals surface area contributed by atoms with E-state index in [2.05, 4.69) is 5.32 Å². The fraction of sp³-hybridized carbons (Fsp3) is 0.0625. The van der Waals surface area contributed by atoms with Crippen LogP contribution in [-0.4, -0.2) is 5.91 Å². The first-order chi connectivity index (χ1) is 10.1. The van der Waals surface area contributed by atoms with Crippen molar-refractivity contribution in [1.82, 2.24) is 0 Å². The van der Waals surface area contributed by atoms with Crippen LogP contribution in [0.2, 0.25) is 5.02 Å². The van der Waals surface area contributed by atoms with E-state index in [4.69, 9.17) is 22.1 Å². The second-order valence-electron chi connectivity index (χ2n) is 4.34. The van der Waals surface area contributed by atoms with Crippen molar-refractivity contribution < 1.29 is 4.79 Å². The van der Waals surface area contributed by atoms with E-state index in [1.807, 2.05) is 12.1 Å². The fourth-order valence-corrected chi connectivity index (χ4v) is 1.99. The van der Waals surface area contributed by atoms with Crippen molar-refractivity contribution in [2.24, 2.45) is 0 Å². The third-order valence-electron chi connectivity index (χ3n) is 2.82. The van der Waals surface area contributed by atoms with Gasteiger partial charge in [-0.3, -0.25) is 4.79 Å². The Morgan fingerprint density at radius 3 is 2.38 bits per heavy atom. The van der Waals surface area contributed by atoms with Crippen LogP contribution in [-0.2, 0) is 11.2 Å². The van der Waals surface area contributed by atoms with E-state index >= 15 is 0 Å². The minimum Gasteiger partial charge on any atom is -0.326 e. The topological polar surface area (TPSA) is 76.7 Å². The van der Waals surface area contributed by atoms with Gasteiger partial charge >= 0.3 is 0 Å². The summed E-state index contributed by atoms with van der Waals surface area (Å²) in [6.45, 7) is 0. The molecule has 0 spiro atoms. The van der Waals surface area contributed by atoms with Gasteiger partial charge in [-0.15, -0.1) is 0 Å². The summed E-state index contributed by atoms with van der Waals surface area (Å²) in [5.74, 6) is -0.194. The predicted octanol–water partition coefficient (Wildman–Crippen LogP) is 3.26. The molecule has 2 rings (SSSR count). The summed E-state index contributed by atoms with van der Waals surface area (Å²) in [6, 6.07) is 15.5. The lowest BCUT2D eigenvalue weighted by Crippen LogP contribution is -2.14. The zero-order valence-corrected chi connectivity index (χ0v) is 11.7. The lowest BCUT2D eigenvalue weighted by atomic mass is 10.1. The highest BCUT2D eigenvalue weighted by atomic mass is 35.5. The molecule has 0 aliphatic carbocycles. The molecule has 0 saturated heterocycles. The summed E-state index contributed by atoms with van der Waals surface area (Å²) in [5, 5.41) is 20.5. The normalized spacial score (nSPS) is 9.48. The Hall–Kier alpha value is -2.82. The SMILES string of the molecule is N#Cc1ccc(CC(=O)Nc2ccc(C#N)c(Cl)c2)cc1. The molecule has 0 aliphatic heterocycles. The first-order valence-electron chi connectivity index (χ1n) is 6.11. The molecule has 21 heavy (non-hydrogen) atoms. The molecule has 1 amide bonds. The zero-order valence-electron chi connectivity index (χ0n) is 10.9. The summed E-state index contributed by atoms with van der Waals surface area (Å²) in [7, 11) is 0. The summed E-state index contributed by atoms with van der Waals surface area (Å²) < 4.78 is 0. The minimum absolute atomic E-state index is 0.194. The van der Waals surface area contributed by atoms with Crippen molar-refractivity contribution in [3.63, 3.8) is 0 Å². The highest BCUT2D eigenvalue weighted by Crippen LogP contribution is 2.20. The van der Waals surface area contributed by atoms with Crippen LogP contribution in [0.1, 0.15) is 16.7 Å². The zero-order chi connectivity index (χ0) is 15.2. The van der Waals surface area contributed by atoms with E-state index in [-0.39, 0.29) is 12.3 Å². The van der Waals surface area contributed by atoms with Gasteiger partial charge in [0.2, 0.25) is 5.91 Å². The lowest BCUT2D eigenvalue weighted by molar-refractivity contribution is -0.115. The number of benzene rings is 2. The first-order valence-corrected chi connectivity index (χ1v) is 6.48. The van der Waals surface area contributed by atoms with Crippen molar-refractivity contribution in [1.29, 1.82) is 10.5 Å². The second kappa shape index (κ2) is 6.56. The Morgan fingerprint density at radius 1 is 1.10 bits per heavy atom. The van der Waals surface area contributed by atoms with Gasteiger partial charge in [0.1, 0.15) is 6.07 Å². The maximum atomic E-state index is 11.9. The second-order valence-corrected chi connectivity index (χ2v) is 4.75. The highest BCUT2D eigenvalue weighted by molar-refractivity contribution is 6.32. The average Bonchev–Trinajstić information content (AvgIpc) is 2.48. The molecule has 0 aromatic heterocycles. The van der Waals surface area contributed by atoms with E-state index in [0.717, 1.165) is 5.56 Å². The van der Waals surface area contributed by atoms with Gasteiger partial charge in [0.15, 0.2) is 0 Å². The summed E-state index contributed by atoms with van der Waals surface area (Å²) in [4.78, 5) is 11.9. The van der Waals surface area contributed by atoms with Gasteiger partial charge in [-0.25, -0.2) is 0 Å². The molecule has 0 aliphatic rings. The first kappa shape index (κ1) is 14.6. The molecule has 0 heterocycles. The van der Waals surface area contributed by atoms with Gasteiger partial charge in [0, 0.05) is 5.69 Å². The van der Waals surface area contributed by atoms with Crippen LogP contribution in [0.5, 0.6) is 0 Å². The van der Waals surface area contributed by atoms with E-state index < -0.39 is 0 Å². The minimum atomic E-state index is -0.194. The Kier molecular flexibility index (Phi) is 4.56. The van der Waals surface area contributed by atoms with Crippen LogP contribution in [0.4, 0.5) is 5.69 Å². The number of nitrogens with one attached hydrogen (secondary N) is 1. The van der Waals surface area contributed by atoms with E-state index in [1.54, 1.807) is 36.4 Å². The molecule has 0 unspecified atom stereocenters. The Balaban J connectivity index is 2.03. The van der Waals surface area contributed by atoms with Crippen LogP contribution in [0, 0.1) is 22.7 Å². The van der Waals surface area contributed by atoms with Crippen molar-refractivity contribution in [2.45, 2.75) is 6.42 Å². The average molecular weight is 296 g/mol. The number of hydrogen-bond donors (Lipinski definition) is 1. The number of rotatable bonds is 3. The van der Waals surface area contributed by atoms with Crippen LogP contribution < -0.4 is 5.32 Å². The molecule has 2 aromatic carbocycles.